The van der Waals surface area contributed by atoms with Crippen molar-refractivity contribution in [2.24, 2.45) is 0 Å². The average molecular weight is 787 g/mol. The molecular formula is C55H34N2S2. The van der Waals surface area contributed by atoms with E-state index in [-0.39, 0.29) is 0 Å². The molecular weight excluding hydrogens is 753 g/mol. The Morgan fingerprint density at radius 3 is 1.36 bits per heavy atom. The van der Waals surface area contributed by atoms with Crippen LogP contribution in [0.5, 0.6) is 0 Å². The Morgan fingerprint density at radius 2 is 0.797 bits per heavy atom. The Morgan fingerprint density at radius 1 is 0.339 bits per heavy atom. The Labute approximate surface area is 348 Å². The third kappa shape index (κ3) is 4.79. The highest BCUT2D eigenvalue weighted by Crippen LogP contribution is 2.44. The first-order chi connectivity index (χ1) is 29.2. The van der Waals surface area contributed by atoms with E-state index in [2.05, 4.69) is 204 Å². The fraction of sp³-hybridized carbons (Fsp3) is 0.0182. The van der Waals surface area contributed by atoms with Gasteiger partial charge in [-0.25, -0.2) is 0 Å². The molecule has 2 nitrogen and oxygen atoms in total. The lowest BCUT2D eigenvalue weighted by molar-refractivity contribution is 1.12. The van der Waals surface area contributed by atoms with Crippen LogP contribution in [0.2, 0.25) is 0 Å². The molecule has 0 amide bonds. The Kier molecular flexibility index (Phi) is 7.00. The zero-order chi connectivity index (χ0) is 38.8. The quantitative estimate of drug-likeness (QED) is 0.168. The molecule has 59 heavy (non-hydrogen) atoms. The van der Waals surface area contributed by atoms with Crippen LogP contribution in [0.25, 0.3) is 118 Å². The second-order valence-corrected chi connectivity index (χ2v) is 17.8. The number of hydrogen-bond donors (Lipinski definition) is 0. The summed E-state index contributed by atoms with van der Waals surface area (Å²) in [6, 6.07) is 69.8. The number of aromatic nitrogens is 2. The van der Waals surface area contributed by atoms with Crippen LogP contribution in [0.1, 0.15) is 5.56 Å². The van der Waals surface area contributed by atoms with Crippen LogP contribution >= 0.6 is 22.7 Å². The van der Waals surface area contributed by atoms with Crippen LogP contribution < -0.4 is 0 Å². The second-order valence-electron chi connectivity index (χ2n) is 15.7. The molecule has 0 spiro atoms. The van der Waals surface area contributed by atoms with E-state index in [1.165, 1.54) is 117 Å². The number of benzene rings is 9. The Hall–Kier alpha value is -6.98. The standard InChI is InChI=1S/C55H34N2S2/c1-33-30-36(56-48-20-6-2-12-39(48)45-31-34(24-27-50(45)56)37-16-10-18-43-41-14-4-8-22-52(41)58-54(37)43)26-29-47(33)57-49-21-7-3-13-40(49)46-32-35(25-28-51(46)57)38-17-11-19-44-42-15-5-9-23-53(42)59-55(38)44/h2-32H,1H3. The van der Waals surface area contributed by atoms with Crippen LogP contribution in [-0.2, 0) is 0 Å². The van der Waals surface area contributed by atoms with E-state index in [1.807, 2.05) is 22.7 Å². The van der Waals surface area contributed by atoms with E-state index in [1.54, 1.807) is 0 Å². The summed E-state index contributed by atoms with van der Waals surface area (Å²) in [5, 5.41) is 10.4. The van der Waals surface area contributed by atoms with Gasteiger partial charge in [-0.3, -0.25) is 0 Å². The molecule has 0 saturated carbocycles. The van der Waals surface area contributed by atoms with Gasteiger partial charge < -0.3 is 9.13 Å². The van der Waals surface area contributed by atoms with E-state index in [0.29, 0.717) is 0 Å². The summed E-state index contributed by atoms with van der Waals surface area (Å²) in [7, 11) is 0. The monoisotopic (exact) mass is 786 g/mol. The zero-order valence-corrected chi connectivity index (χ0v) is 33.7. The largest absolute Gasteiger partial charge is 0.309 e. The normalized spacial score (nSPS) is 12.2. The molecule has 0 atom stereocenters. The van der Waals surface area contributed by atoms with Crippen molar-refractivity contribution < 1.29 is 0 Å². The van der Waals surface area contributed by atoms with Crippen molar-refractivity contribution in [3.8, 4) is 33.6 Å². The zero-order valence-electron chi connectivity index (χ0n) is 32.1. The summed E-state index contributed by atoms with van der Waals surface area (Å²) >= 11 is 3.78. The molecule has 13 rings (SSSR count). The molecule has 0 aliphatic rings. The van der Waals surface area contributed by atoms with Gasteiger partial charge in [0.05, 0.1) is 22.1 Å². The van der Waals surface area contributed by atoms with Crippen molar-refractivity contribution in [3.05, 3.63) is 194 Å². The SMILES string of the molecule is Cc1cc(-n2c3ccccc3c3cc(-c4cccc5c4sc4ccccc45)ccc32)ccc1-n1c2ccccc2c2cc(-c3cccc4c3sc3ccccc34)ccc21. The van der Waals surface area contributed by atoms with Gasteiger partial charge >= 0.3 is 0 Å². The number of aryl methyl sites for hydroxylation is 1. The number of hydrogen-bond acceptors (Lipinski definition) is 2. The number of thiophene rings is 2. The van der Waals surface area contributed by atoms with E-state index < -0.39 is 0 Å². The molecule has 0 saturated heterocycles. The van der Waals surface area contributed by atoms with Gasteiger partial charge in [-0.1, -0.05) is 121 Å². The lowest BCUT2D eigenvalue weighted by atomic mass is 10.0. The topological polar surface area (TPSA) is 9.86 Å². The lowest BCUT2D eigenvalue weighted by Crippen LogP contribution is -2.00. The highest BCUT2D eigenvalue weighted by Gasteiger charge is 2.19. The van der Waals surface area contributed by atoms with E-state index >= 15 is 0 Å². The van der Waals surface area contributed by atoms with Crippen molar-refractivity contribution in [1.82, 2.24) is 9.13 Å². The van der Waals surface area contributed by atoms with Gasteiger partial charge in [0.15, 0.2) is 0 Å². The summed E-state index contributed by atoms with van der Waals surface area (Å²) in [6.07, 6.45) is 0. The molecule has 0 aliphatic carbocycles. The van der Waals surface area contributed by atoms with Crippen molar-refractivity contribution in [1.29, 1.82) is 0 Å². The fourth-order valence-corrected chi connectivity index (χ4v) is 12.3. The maximum atomic E-state index is 2.46. The van der Waals surface area contributed by atoms with Gasteiger partial charge in [0.25, 0.3) is 0 Å². The van der Waals surface area contributed by atoms with Crippen LogP contribution in [0.3, 0.4) is 0 Å². The van der Waals surface area contributed by atoms with Gasteiger partial charge in [-0.15, -0.1) is 22.7 Å². The van der Waals surface area contributed by atoms with E-state index in [9.17, 15) is 0 Å². The summed E-state index contributed by atoms with van der Waals surface area (Å²) < 4.78 is 10.3. The van der Waals surface area contributed by atoms with Crippen molar-refractivity contribution in [2.45, 2.75) is 6.92 Å². The Balaban J connectivity index is 0.951. The molecule has 0 N–H and O–H groups in total. The minimum absolute atomic E-state index is 1.16. The predicted molar refractivity (Wildman–Crippen MR) is 257 cm³/mol. The van der Waals surface area contributed by atoms with Crippen LogP contribution in [-0.4, -0.2) is 9.13 Å². The molecule has 4 heterocycles. The van der Waals surface area contributed by atoms with Crippen LogP contribution in [0.15, 0.2) is 188 Å². The van der Waals surface area contributed by atoms with E-state index in [0.717, 1.165) is 5.69 Å². The van der Waals surface area contributed by atoms with Gasteiger partial charge in [-0.2, -0.15) is 0 Å². The van der Waals surface area contributed by atoms with Crippen LogP contribution in [0.4, 0.5) is 0 Å². The first kappa shape index (κ1) is 33.0. The average Bonchev–Trinajstić information content (AvgIpc) is 4.04. The molecule has 276 valence electrons. The van der Waals surface area contributed by atoms with Crippen molar-refractivity contribution in [2.75, 3.05) is 0 Å². The summed E-state index contributed by atoms with van der Waals surface area (Å²) in [6.45, 7) is 2.26. The van der Waals surface area contributed by atoms with Gasteiger partial charge in [-0.05, 0) is 101 Å². The number of rotatable bonds is 4. The highest BCUT2D eigenvalue weighted by atomic mass is 32.1. The minimum atomic E-state index is 1.16. The maximum Gasteiger partial charge on any atom is 0.0541 e. The third-order valence-electron chi connectivity index (χ3n) is 12.5. The number of fused-ring (bicyclic) bond motifs is 12. The lowest BCUT2D eigenvalue weighted by Gasteiger charge is -2.15. The molecule has 0 radical (unpaired) electrons. The van der Waals surface area contributed by atoms with Crippen molar-refractivity contribution >= 4 is 107 Å². The third-order valence-corrected chi connectivity index (χ3v) is 14.9. The van der Waals surface area contributed by atoms with Gasteiger partial charge in [0.1, 0.15) is 0 Å². The molecule has 4 heteroatoms. The molecule has 13 aromatic rings. The molecule has 0 aliphatic heterocycles. The van der Waals surface area contributed by atoms with Gasteiger partial charge in [0, 0.05) is 73.3 Å². The van der Waals surface area contributed by atoms with Gasteiger partial charge in [0.2, 0.25) is 0 Å². The number of para-hydroxylation sites is 2. The Bertz CT molecular complexity index is 3870. The first-order valence-corrected chi connectivity index (χ1v) is 21.8. The molecule has 4 aromatic heterocycles. The van der Waals surface area contributed by atoms with Crippen LogP contribution in [0, 0.1) is 6.92 Å². The van der Waals surface area contributed by atoms with E-state index in [4.69, 9.17) is 0 Å². The van der Waals surface area contributed by atoms with Crippen molar-refractivity contribution in [3.63, 3.8) is 0 Å². The fourth-order valence-electron chi connectivity index (χ4n) is 9.80. The second kappa shape index (κ2) is 12.5. The molecule has 9 aromatic carbocycles. The predicted octanol–water partition coefficient (Wildman–Crippen LogP) is 16.3. The summed E-state index contributed by atoms with van der Waals surface area (Å²) in [4.78, 5) is 0. The summed E-state index contributed by atoms with van der Waals surface area (Å²) in [5.41, 5.74) is 13.5. The summed E-state index contributed by atoms with van der Waals surface area (Å²) in [5.74, 6) is 0. The minimum Gasteiger partial charge on any atom is -0.309 e. The molecule has 0 fully saturated rings. The molecule has 0 unspecified atom stereocenters. The maximum absolute atomic E-state index is 2.46. The highest BCUT2D eigenvalue weighted by molar-refractivity contribution is 7.26. The first-order valence-electron chi connectivity index (χ1n) is 20.2. The molecule has 0 bridgehead atoms. The smallest absolute Gasteiger partial charge is 0.0541 e. The number of nitrogens with zero attached hydrogens (tertiary/aromatic N) is 2.